The van der Waals surface area contributed by atoms with Crippen molar-refractivity contribution in [2.24, 2.45) is 0 Å². The molecule has 1 aromatic heterocycles. The third kappa shape index (κ3) is 4.23. The van der Waals surface area contributed by atoms with Crippen LogP contribution in [0, 0.1) is 5.82 Å². The smallest absolute Gasteiger partial charge is 0.260 e. The minimum atomic E-state index is -0.478. The van der Waals surface area contributed by atoms with E-state index in [1.807, 2.05) is 6.07 Å². The zero-order valence-corrected chi connectivity index (χ0v) is 14.4. The number of nitrogens with zero attached hydrogens (tertiary/aromatic N) is 2. The maximum absolute atomic E-state index is 13.5. The zero-order valence-electron chi connectivity index (χ0n) is 12.8. The lowest BCUT2D eigenvalue weighted by atomic mass is 10.3. The number of pyridine rings is 1. The third-order valence-corrected chi connectivity index (χ3v) is 4.14. The van der Waals surface area contributed by atoms with Crippen molar-refractivity contribution in [3.63, 3.8) is 0 Å². The summed E-state index contributed by atoms with van der Waals surface area (Å²) in [6.07, 6.45) is 2.29. The quantitative estimate of drug-likeness (QED) is 0.781. The summed E-state index contributed by atoms with van der Waals surface area (Å²) in [5, 5.41) is 0. The van der Waals surface area contributed by atoms with Gasteiger partial charge in [0.2, 0.25) is 5.88 Å². The van der Waals surface area contributed by atoms with Crippen LogP contribution in [0.15, 0.2) is 47.1 Å². The van der Waals surface area contributed by atoms with Crippen molar-refractivity contribution in [1.29, 1.82) is 0 Å². The first kappa shape index (κ1) is 16.7. The highest BCUT2D eigenvalue weighted by Crippen LogP contribution is 2.19. The van der Waals surface area contributed by atoms with E-state index in [9.17, 15) is 9.18 Å². The second kappa shape index (κ2) is 7.61. The van der Waals surface area contributed by atoms with E-state index in [4.69, 9.17) is 9.47 Å². The average Bonchev–Trinajstić information content (AvgIpc) is 3.05. The van der Waals surface area contributed by atoms with Crippen LogP contribution in [0.5, 0.6) is 11.6 Å². The number of rotatable bonds is 5. The van der Waals surface area contributed by atoms with E-state index < -0.39 is 5.82 Å². The molecule has 1 aliphatic heterocycles. The topological polar surface area (TPSA) is 51.7 Å². The van der Waals surface area contributed by atoms with Gasteiger partial charge < -0.3 is 14.4 Å². The number of likely N-dealkylation sites (tertiary alicyclic amines) is 1. The van der Waals surface area contributed by atoms with Crippen LogP contribution in [-0.2, 0) is 4.79 Å². The monoisotopic (exact) mass is 394 g/mol. The Morgan fingerprint density at radius 1 is 1.33 bits per heavy atom. The van der Waals surface area contributed by atoms with Gasteiger partial charge in [0.1, 0.15) is 6.10 Å². The van der Waals surface area contributed by atoms with Gasteiger partial charge in [0, 0.05) is 29.7 Å². The Hall–Kier alpha value is -2.15. The van der Waals surface area contributed by atoms with Crippen molar-refractivity contribution >= 4 is 21.8 Å². The molecule has 1 fully saturated rings. The Bertz CT molecular complexity index is 711. The largest absolute Gasteiger partial charge is 0.481 e. The van der Waals surface area contributed by atoms with Crippen molar-refractivity contribution < 1.29 is 18.7 Å². The maximum atomic E-state index is 13.5. The first-order valence-corrected chi connectivity index (χ1v) is 8.34. The third-order valence-electron chi connectivity index (χ3n) is 3.67. The molecule has 2 aromatic rings. The van der Waals surface area contributed by atoms with Crippen LogP contribution >= 0.6 is 15.9 Å². The molecule has 0 bridgehead atoms. The second-order valence-electron chi connectivity index (χ2n) is 5.40. The van der Waals surface area contributed by atoms with E-state index in [-0.39, 0.29) is 24.4 Å². The van der Waals surface area contributed by atoms with Crippen LogP contribution in [0.4, 0.5) is 4.39 Å². The highest BCUT2D eigenvalue weighted by molar-refractivity contribution is 9.10. The van der Waals surface area contributed by atoms with Crippen molar-refractivity contribution in [3.05, 3.63) is 52.9 Å². The van der Waals surface area contributed by atoms with Gasteiger partial charge in [-0.3, -0.25) is 4.79 Å². The number of hydrogen-bond donors (Lipinski definition) is 0. The fraction of sp³-hybridized carbons (Fsp3) is 0.294. The molecule has 1 saturated heterocycles. The molecule has 2 heterocycles. The molecule has 0 aliphatic carbocycles. The van der Waals surface area contributed by atoms with Crippen molar-refractivity contribution in [1.82, 2.24) is 9.88 Å². The van der Waals surface area contributed by atoms with Gasteiger partial charge in [0.25, 0.3) is 5.91 Å². The molecule has 1 aliphatic rings. The number of hydrogen-bond acceptors (Lipinski definition) is 4. The van der Waals surface area contributed by atoms with Gasteiger partial charge >= 0.3 is 0 Å². The second-order valence-corrected chi connectivity index (χ2v) is 6.32. The molecule has 0 radical (unpaired) electrons. The van der Waals surface area contributed by atoms with Crippen LogP contribution in [0.3, 0.4) is 0 Å². The molecule has 0 spiro atoms. The molecule has 3 rings (SSSR count). The SMILES string of the molecule is O=C(COc1ccccc1F)N1CCC(Oc2ccc(Br)cn2)C1. The lowest BCUT2D eigenvalue weighted by molar-refractivity contribution is -0.132. The minimum absolute atomic E-state index is 0.0805. The van der Waals surface area contributed by atoms with Gasteiger partial charge in [0.05, 0.1) is 6.54 Å². The Morgan fingerprint density at radius 3 is 2.92 bits per heavy atom. The highest BCUT2D eigenvalue weighted by Gasteiger charge is 2.28. The zero-order chi connectivity index (χ0) is 16.9. The number of halogens is 2. The van der Waals surface area contributed by atoms with Gasteiger partial charge in [-0.2, -0.15) is 0 Å². The molecule has 1 atom stereocenters. The molecular formula is C17H16BrFN2O3. The molecule has 0 N–H and O–H groups in total. The number of aromatic nitrogens is 1. The van der Waals surface area contributed by atoms with E-state index in [1.54, 1.807) is 29.3 Å². The Morgan fingerprint density at radius 2 is 2.17 bits per heavy atom. The van der Waals surface area contributed by atoms with Crippen molar-refractivity contribution in [3.8, 4) is 11.6 Å². The van der Waals surface area contributed by atoms with Crippen LogP contribution in [0.25, 0.3) is 0 Å². The molecule has 126 valence electrons. The van der Waals surface area contributed by atoms with E-state index in [2.05, 4.69) is 20.9 Å². The van der Waals surface area contributed by atoms with E-state index >= 15 is 0 Å². The number of ether oxygens (including phenoxy) is 2. The van der Waals surface area contributed by atoms with Crippen LogP contribution in [-0.4, -0.2) is 41.6 Å². The van der Waals surface area contributed by atoms with Gasteiger partial charge in [-0.05, 0) is 34.1 Å². The first-order chi connectivity index (χ1) is 11.6. The summed E-state index contributed by atoms with van der Waals surface area (Å²) < 4.78 is 25.4. The van der Waals surface area contributed by atoms with Crippen LogP contribution in [0.1, 0.15) is 6.42 Å². The lowest BCUT2D eigenvalue weighted by Gasteiger charge is -2.17. The lowest BCUT2D eigenvalue weighted by Crippen LogP contribution is -2.34. The summed E-state index contributed by atoms with van der Waals surface area (Å²) >= 11 is 3.32. The average molecular weight is 395 g/mol. The first-order valence-electron chi connectivity index (χ1n) is 7.55. The summed E-state index contributed by atoms with van der Waals surface area (Å²) in [6, 6.07) is 9.65. The summed E-state index contributed by atoms with van der Waals surface area (Å²) in [6.45, 7) is 0.863. The normalized spacial score (nSPS) is 16.9. The van der Waals surface area contributed by atoms with Gasteiger partial charge in [-0.25, -0.2) is 9.37 Å². The fourth-order valence-electron chi connectivity index (χ4n) is 2.45. The maximum Gasteiger partial charge on any atom is 0.260 e. The van der Waals surface area contributed by atoms with E-state index in [0.717, 1.165) is 10.9 Å². The molecule has 1 aromatic carbocycles. The van der Waals surface area contributed by atoms with E-state index in [1.165, 1.54) is 12.1 Å². The number of benzene rings is 1. The molecule has 7 heteroatoms. The van der Waals surface area contributed by atoms with Crippen LogP contribution < -0.4 is 9.47 Å². The Balaban J connectivity index is 1.49. The van der Waals surface area contributed by atoms with Gasteiger partial charge in [0.15, 0.2) is 18.2 Å². The summed E-state index contributed by atoms with van der Waals surface area (Å²) in [5.41, 5.74) is 0. The molecule has 1 unspecified atom stereocenters. The number of carbonyl (C=O) groups is 1. The molecule has 0 saturated carbocycles. The fourth-order valence-corrected chi connectivity index (χ4v) is 2.68. The predicted molar refractivity (Wildman–Crippen MR) is 89.4 cm³/mol. The molecule has 5 nitrogen and oxygen atoms in total. The summed E-state index contributed by atoms with van der Waals surface area (Å²) in [4.78, 5) is 18.0. The van der Waals surface area contributed by atoms with Crippen LogP contribution in [0.2, 0.25) is 0 Å². The van der Waals surface area contributed by atoms with Gasteiger partial charge in [-0.15, -0.1) is 0 Å². The standard InChI is InChI=1S/C17H16BrFN2O3/c18-12-5-6-16(20-9-12)24-13-7-8-21(10-13)17(22)11-23-15-4-2-1-3-14(15)19/h1-6,9,13H,7-8,10-11H2. The van der Waals surface area contributed by atoms with Crippen molar-refractivity contribution in [2.45, 2.75) is 12.5 Å². The predicted octanol–water partition coefficient (Wildman–Crippen LogP) is 3.04. The molecule has 1 amide bonds. The summed E-state index contributed by atoms with van der Waals surface area (Å²) in [7, 11) is 0. The van der Waals surface area contributed by atoms with Crippen molar-refractivity contribution in [2.75, 3.05) is 19.7 Å². The highest BCUT2D eigenvalue weighted by atomic mass is 79.9. The Labute approximate surface area is 147 Å². The molecular weight excluding hydrogens is 379 g/mol. The minimum Gasteiger partial charge on any atom is -0.481 e. The number of para-hydroxylation sites is 1. The Kier molecular flexibility index (Phi) is 5.30. The van der Waals surface area contributed by atoms with E-state index in [0.29, 0.717) is 19.0 Å². The molecule has 24 heavy (non-hydrogen) atoms. The number of amides is 1. The van der Waals surface area contributed by atoms with Gasteiger partial charge in [-0.1, -0.05) is 12.1 Å². The number of carbonyl (C=O) groups excluding carboxylic acids is 1. The summed E-state index contributed by atoms with van der Waals surface area (Å²) in [5.74, 6) is -0.0561.